The number of benzene rings is 1. The zero-order chi connectivity index (χ0) is 22.2. The highest BCUT2D eigenvalue weighted by atomic mass is 19.1. The highest BCUT2D eigenvalue weighted by Crippen LogP contribution is 2.37. The van der Waals surface area contributed by atoms with Crippen LogP contribution in [-0.4, -0.2) is 55.8 Å². The van der Waals surface area contributed by atoms with Crippen molar-refractivity contribution in [3.8, 4) is 0 Å². The van der Waals surface area contributed by atoms with Crippen LogP contribution >= 0.6 is 0 Å². The normalized spacial score (nSPS) is 17.0. The van der Waals surface area contributed by atoms with E-state index in [2.05, 4.69) is 20.3 Å². The maximum Gasteiger partial charge on any atom is 0.324 e. The second-order valence-electron chi connectivity index (χ2n) is 7.79. The molecular formula is C21H23F2N5O3. The second kappa shape index (κ2) is 8.20. The number of carbonyl (C=O) groups is 1. The summed E-state index contributed by atoms with van der Waals surface area (Å²) in [6.45, 7) is 1.51. The van der Waals surface area contributed by atoms with Crippen LogP contribution in [0.2, 0.25) is 0 Å². The van der Waals surface area contributed by atoms with E-state index in [0.717, 1.165) is 28.9 Å². The van der Waals surface area contributed by atoms with Crippen LogP contribution in [0.25, 0.3) is 11.0 Å². The lowest BCUT2D eigenvalue weighted by atomic mass is 9.89. The van der Waals surface area contributed by atoms with E-state index in [0.29, 0.717) is 5.95 Å². The van der Waals surface area contributed by atoms with Crippen LogP contribution in [-0.2, 0) is 5.67 Å². The first kappa shape index (κ1) is 21.1. The standard InChI is InChI=1S/C21H23F2N5O3/c1-12-2-3-15-16(8-12)26-19(25-15)27-20(31)28-6-4-21(23,5-7-28)18-14(22)9-13(10-24-18)17(30)11-29/h2-3,8-10,17,29-30H,4-7,11H2,1H3,(H2,25,26,27,31)/t17-/m1/s1. The number of urea groups is 1. The van der Waals surface area contributed by atoms with Gasteiger partial charge in [0, 0.05) is 37.7 Å². The number of pyridine rings is 1. The van der Waals surface area contributed by atoms with Crippen LogP contribution < -0.4 is 5.32 Å². The number of aliphatic hydroxyl groups is 2. The van der Waals surface area contributed by atoms with Crippen molar-refractivity contribution in [3.63, 3.8) is 0 Å². The number of nitrogens with one attached hydrogen (secondary N) is 2. The van der Waals surface area contributed by atoms with Gasteiger partial charge in [-0.25, -0.2) is 18.6 Å². The summed E-state index contributed by atoms with van der Waals surface area (Å²) in [4.78, 5) is 25.2. The van der Waals surface area contributed by atoms with Crippen LogP contribution in [0.3, 0.4) is 0 Å². The highest BCUT2D eigenvalue weighted by Gasteiger charge is 2.41. The van der Waals surface area contributed by atoms with E-state index in [1.807, 2.05) is 25.1 Å². The van der Waals surface area contributed by atoms with Gasteiger partial charge in [-0.3, -0.25) is 10.3 Å². The Labute approximate surface area is 176 Å². The summed E-state index contributed by atoms with van der Waals surface area (Å²) in [6, 6.07) is 6.24. The Hall–Kier alpha value is -3.11. The zero-order valence-electron chi connectivity index (χ0n) is 16.9. The summed E-state index contributed by atoms with van der Waals surface area (Å²) in [7, 11) is 0. The van der Waals surface area contributed by atoms with Crippen molar-refractivity contribution in [1.82, 2.24) is 19.9 Å². The fraction of sp³-hybridized carbons (Fsp3) is 0.381. The van der Waals surface area contributed by atoms with Crippen molar-refractivity contribution >= 4 is 23.0 Å². The van der Waals surface area contributed by atoms with Crippen molar-refractivity contribution in [2.24, 2.45) is 0 Å². The van der Waals surface area contributed by atoms with Gasteiger partial charge in [0.25, 0.3) is 0 Å². The number of anilines is 1. The number of aromatic nitrogens is 3. The minimum Gasteiger partial charge on any atom is -0.393 e. The summed E-state index contributed by atoms with van der Waals surface area (Å²) in [6.07, 6.45) is -0.362. The lowest BCUT2D eigenvalue weighted by molar-refractivity contribution is 0.0639. The molecule has 1 aliphatic heterocycles. The Kier molecular flexibility index (Phi) is 5.59. The number of aromatic amines is 1. The van der Waals surface area contributed by atoms with Crippen molar-refractivity contribution in [1.29, 1.82) is 0 Å². The molecule has 3 heterocycles. The molecule has 2 aromatic heterocycles. The predicted octanol–water partition coefficient (Wildman–Crippen LogP) is 2.92. The number of halogens is 2. The number of fused-ring (bicyclic) bond motifs is 1. The molecule has 1 aromatic carbocycles. The third-order valence-electron chi connectivity index (χ3n) is 5.55. The number of carbonyl (C=O) groups excluding carboxylic acids is 1. The lowest BCUT2D eigenvalue weighted by Gasteiger charge is -2.36. The van der Waals surface area contributed by atoms with Gasteiger partial charge in [0.1, 0.15) is 17.6 Å². The Morgan fingerprint density at radius 3 is 2.77 bits per heavy atom. The largest absolute Gasteiger partial charge is 0.393 e. The SMILES string of the molecule is Cc1ccc2nc(NC(=O)N3CCC(F)(c4ncc([C@H](O)CO)cc4F)CC3)[nH]c2c1. The zero-order valence-corrected chi connectivity index (χ0v) is 16.9. The lowest BCUT2D eigenvalue weighted by Crippen LogP contribution is -2.45. The van der Waals surface area contributed by atoms with Crippen molar-refractivity contribution in [2.45, 2.75) is 31.5 Å². The summed E-state index contributed by atoms with van der Waals surface area (Å²) in [5.74, 6) is -0.587. The van der Waals surface area contributed by atoms with Gasteiger partial charge >= 0.3 is 6.03 Å². The van der Waals surface area contributed by atoms with E-state index in [4.69, 9.17) is 5.11 Å². The Morgan fingerprint density at radius 1 is 1.35 bits per heavy atom. The number of hydrogen-bond donors (Lipinski definition) is 4. The van der Waals surface area contributed by atoms with Gasteiger partial charge in [-0.1, -0.05) is 6.07 Å². The number of piperidine rings is 1. The average Bonchev–Trinajstić information content (AvgIpc) is 3.14. The third-order valence-corrected chi connectivity index (χ3v) is 5.55. The van der Waals surface area contributed by atoms with Gasteiger partial charge in [-0.2, -0.15) is 0 Å². The number of nitrogens with zero attached hydrogens (tertiary/aromatic N) is 3. The van der Waals surface area contributed by atoms with Crippen molar-refractivity contribution in [2.75, 3.05) is 25.0 Å². The number of amides is 2. The van der Waals surface area contributed by atoms with Gasteiger partial charge in [0.15, 0.2) is 5.67 Å². The van der Waals surface area contributed by atoms with E-state index >= 15 is 4.39 Å². The van der Waals surface area contributed by atoms with Gasteiger partial charge in [-0.05, 0) is 30.7 Å². The molecule has 3 aromatic rings. The van der Waals surface area contributed by atoms with Gasteiger partial charge < -0.3 is 20.1 Å². The summed E-state index contributed by atoms with van der Waals surface area (Å²) in [5, 5.41) is 21.2. The molecule has 0 aliphatic carbocycles. The summed E-state index contributed by atoms with van der Waals surface area (Å²) >= 11 is 0. The molecule has 10 heteroatoms. The average molecular weight is 431 g/mol. The molecule has 1 aliphatic rings. The maximum atomic E-state index is 15.4. The van der Waals surface area contributed by atoms with E-state index < -0.39 is 30.2 Å². The first-order chi connectivity index (χ1) is 14.8. The monoisotopic (exact) mass is 431 g/mol. The summed E-state index contributed by atoms with van der Waals surface area (Å²) < 4.78 is 29.9. The van der Waals surface area contributed by atoms with Crippen LogP contribution in [0.5, 0.6) is 0 Å². The molecule has 164 valence electrons. The summed E-state index contributed by atoms with van der Waals surface area (Å²) in [5.41, 5.74) is 0.274. The van der Waals surface area contributed by atoms with Gasteiger partial charge in [-0.15, -0.1) is 0 Å². The number of rotatable bonds is 4. The number of H-pyrrole nitrogens is 1. The molecule has 0 bridgehead atoms. The van der Waals surface area contributed by atoms with Crippen molar-refractivity contribution < 1.29 is 23.8 Å². The van der Waals surface area contributed by atoms with Crippen LogP contribution in [0.1, 0.15) is 35.8 Å². The highest BCUT2D eigenvalue weighted by molar-refractivity contribution is 5.90. The quantitative estimate of drug-likeness (QED) is 0.507. The molecule has 31 heavy (non-hydrogen) atoms. The Bertz CT molecular complexity index is 1110. The molecule has 1 fully saturated rings. The van der Waals surface area contributed by atoms with E-state index in [1.54, 1.807) is 0 Å². The van der Waals surface area contributed by atoms with E-state index in [1.165, 1.54) is 4.90 Å². The molecule has 0 spiro atoms. The molecular weight excluding hydrogens is 408 g/mol. The number of likely N-dealkylation sites (tertiary alicyclic amines) is 1. The molecule has 4 N–H and O–H groups in total. The van der Waals surface area contributed by atoms with Crippen LogP contribution in [0, 0.1) is 12.7 Å². The van der Waals surface area contributed by atoms with E-state index in [9.17, 15) is 14.3 Å². The molecule has 1 saturated heterocycles. The number of imidazole rings is 1. The first-order valence-electron chi connectivity index (χ1n) is 9.95. The Morgan fingerprint density at radius 2 is 2.10 bits per heavy atom. The molecule has 1 atom stereocenters. The molecule has 0 unspecified atom stereocenters. The topological polar surface area (TPSA) is 114 Å². The number of aliphatic hydroxyl groups excluding tert-OH is 2. The van der Waals surface area contributed by atoms with Crippen LogP contribution in [0.4, 0.5) is 19.5 Å². The smallest absolute Gasteiger partial charge is 0.324 e. The van der Waals surface area contributed by atoms with Crippen molar-refractivity contribution in [3.05, 3.63) is 53.1 Å². The minimum absolute atomic E-state index is 0.0732. The van der Waals surface area contributed by atoms with Gasteiger partial charge in [0.05, 0.1) is 17.6 Å². The fourth-order valence-corrected chi connectivity index (χ4v) is 3.73. The van der Waals surface area contributed by atoms with Crippen LogP contribution in [0.15, 0.2) is 30.5 Å². The maximum absolute atomic E-state index is 15.4. The first-order valence-corrected chi connectivity index (χ1v) is 9.95. The number of aryl methyl sites for hydroxylation is 1. The fourth-order valence-electron chi connectivity index (χ4n) is 3.73. The molecule has 4 rings (SSSR count). The Balaban J connectivity index is 1.41. The van der Waals surface area contributed by atoms with Gasteiger partial charge in [0.2, 0.25) is 5.95 Å². The number of hydrogen-bond acceptors (Lipinski definition) is 5. The minimum atomic E-state index is -2.03. The molecule has 8 nitrogen and oxygen atoms in total. The molecule has 0 saturated carbocycles. The van der Waals surface area contributed by atoms with E-state index in [-0.39, 0.29) is 37.2 Å². The second-order valence-corrected chi connectivity index (χ2v) is 7.79. The predicted molar refractivity (Wildman–Crippen MR) is 110 cm³/mol. The number of alkyl halides is 1. The molecule has 2 amide bonds. The molecule has 0 radical (unpaired) electrons. The third kappa shape index (κ3) is 4.21.